The van der Waals surface area contributed by atoms with Crippen LogP contribution in [0.15, 0.2) is 0 Å². The summed E-state index contributed by atoms with van der Waals surface area (Å²) >= 11 is 0. The number of fused-ring (bicyclic) bond motifs is 1. The zero-order valence-corrected chi connectivity index (χ0v) is 12.8. The van der Waals surface area contributed by atoms with E-state index >= 15 is 0 Å². The lowest BCUT2D eigenvalue weighted by Gasteiger charge is -2.39. The summed E-state index contributed by atoms with van der Waals surface area (Å²) in [4.78, 5) is 14.2. The number of morpholine rings is 1. The fraction of sp³-hybridized carbons (Fsp3) is 0.933. The van der Waals surface area contributed by atoms with Gasteiger partial charge in [0, 0.05) is 19.6 Å². The standard InChI is InChI=1S/C15H27NO4/c1-11(2)20-10-12-4-5-13-15(12)19-9-7-16(13)14(17)6-8-18-3/h11-13,15H,4-10H2,1-3H3. The SMILES string of the molecule is COCCC(=O)N1CCOC2C(COC(C)C)CCC21. The number of methoxy groups -OCH3 is 1. The average molecular weight is 285 g/mol. The molecule has 0 aromatic heterocycles. The average Bonchev–Trinajstić information content (AvgIpc) is 2.85. The van der Waals surface area contributed by atoms with E-state index in [9.17, 15) is 4.79 Å². The largest absolute Gasteiger partial charge is 0.384 e. The van der Waals surface area contributed by atoms with Gasteiger partial charge in [0.15, 0.2) is 0 Å². The van der Waals surface area contributed by atoms with Gasteiger partial charge in [-0.1, -0.05) is 0 Å². The van der Waals surface area contributed by atoms with Gasteiger partial charge in [-0.2, -0.15) is 0 Å². The fourth-order valence-corrected chi connectivity index (χ4v) is 3.20. The Morgan fingerprint density at radius 1 is 1.40 bits per heavy atom. The number of nitrogens with zero attached hydrogens (tertiary/aromatic N) is 1. The summed E-state index contributed by atoms with van der Waals surface area (Å²) in [5, 5.41) is 0. The number of ether oxygens (including phenoxy) is 3. The van der Waals surface area contributed by atoms with Crippen LogP contribution in [0.2, 0.25) is 0 Å². The van der Waals surface area contributed by atoms with E-state index in [0.29, 0.717) is 32.1 Å². The van der Waals surface area contributed by atoms with Crippen molar-refractivity contribution in [2.24, 2.45) is 5.92 Å². The highest BCUT2D eigenvalue weighted by atomic mass is 16.5. The van der Waals surface area contributed by atoms with Crippen LogP contribution in [0.4, 0.5) is 0 Å². The van der Waals surface area contributed by atoms with Gasteiger partial charge in [-0.05, 0) is 26.7 Å². The number of hydrogen-bond donors (Lipinski definition) is 0. The molecule has 0 N–H and O–H groups in total. The summed E-state index contributed by atoms with van der Waals surface area (Å²) in [6, 6.07) is 0.230. The van der Waals surface area contributed by atoms with Gasteiger partial charge in [0.2, 0.25) is 5.91 Å². The van der Waals surface area contributed by atoms with Gasteiger partial charge in [-0.3, -0.25) is 4.79 Å². The molecule has 0 aromatic carbocycles. The maximum Gasteiger partial charge on any atom is 0.225 e. The molecule has 3 atom stereocenters. The molecule has 20 heavy (non-hydrogen) atoms. The molecule has 1 amide bonds. The Morgan fingerprint density at radius 3 is 2.90 bits per heavy atom. The van der Waals surface area contributed by atoms with Crippen LogP contribution in [-0.4, -0.2) is 62.5 Å². The van der Waals surface area contributed by atoms with Crippen LogP contribution < -0.4 is 0 Å². The van der Waals surface area contributed by atoms with Crippen LogP contribution in [0.25, 0.3) is 0 Å². The summed E-state index contributed by atoms with van der Waals surface area (Å²) < 4.78 is 16.7. The molecule has 0 spiro atoms. The zero-order valence-electron chi connectivity index (χ0n) is 12.8. The van der Waals surface area contributed by atoms with Crippen molar-refractivity contribution in [1.29, 1.82) is 0 Å². The molecule has 1 aliphatic carbocycles. The van der Waals surface area contributed by atoms with Crippen LogP contribution in [0.5, 0.6) is 0 Å². The topological polar surface area (TPSA) is 48.0 Å². The zero-order chi connectivity index (χ0) is 14.5. The van der Waals surface area contributed by atoms with Crippen molar-refractivity contribution >= 4 is 5.91 Å². The molecule has 5 heteroatoms. The Balaban J connectivity index is 1.91. The van der Waals surface area contributed by atoms with E-state index in [-0.39, 0.29) is 24.2 Å². The van der Waals surface area contributed by atoms with E-state index in [1.54, 1.807) is 7.11 Å². The van der Waals surface area contributed by atoms with E-state index in [2.05, 4.69) is 13.8 Å². The molecule has 3 unspecified atom stereocenters. The molecule has 0 bridgehead atoms. The Labute approximate surface area is 121 Å². The van der Waals surface area contributed by atoms with Crippen molar-refractivity contribution in [3.8, 4) is 0 Å². The summed E-state index contributed by atoms with van der Waals surface area (Å²) in [5.41, 5.74) is 0. The quantitative estimate of drug-likeness (QED) is 0.741. The smallest absolute Gasteiger partial charge is 0.225 e. The Hall–Kier alpha value is -0.650. The van der Waals surface area contributed by atoms with Gasteiger partial charge in [-0.15, -0.1) is 0 Å². The summed E-state index contributed by atoms with van der Waals surface area (Å²) in [5.74, 6) is 0.607. The number of hydrogen-bond acceptors (Lipinski definition) is 4. The summed E-state index contributed by atoms with van der Waals surface area (Å²) in [6.07, 6.45) is 2.96. The van der Waals surface area contributed by atoms with Crippen LogP contribution in [0, 0.1) is 5.92 Å². The van der Waals surface area contributed by atoms with E-state index in [1.165, 1.54) is 0 Å². The molecular weight excluding hydrogens is 258 g/mol. The van der Waals surface area contributed by atoms with E-state index < -0.39 is 0 Å². The lowest BCUT2D eigenvalue weighted by atomic mass is 10.0. The highest BCUT2D eigenvalue weighted by Gasteiger charge is 2.44. The predicted molar refractivity (Wildman–Crippen MR) is 75.5 cm³/mol. The molecule has 116 valence electrons. The van der Waals surface area contributed by atoms with E-state index in [4.69, 9.17) is 14.2 Å². The minimum Gasteiger partial charge on any atom is -0.384 e. The molecule has 5 nitrogen and oxygen atoms in total. The van der Waals surface area contributed by atoms with Crippen molar-refractivity contribution in [3.05, 3.63) is 0 Å². The van der Waals surface area contributed by atoms with Gasteiger partial charge < -0.3 is 19.1 Å². The van der Waals surface area contributed by atoms with Crippen molar-refractivity contribution in [2.75, 3.05) is 33.5 Å². The molecule has 1 saturated carbocycles. The number of amides is 1. The van der Waals surface area contributed by atoms with Gasteiger partial charge in [-0.25, -0.2) is 0 Å². The maximum absolute atomic E-state index is 12.2. The highest BCUT2D eigenvalue weighted by molar-refractivity contribution is 5.76. The first-order valence-corrected chi connectivity index (χ1v) is 7.65. The Bertz CT molecular complexity index is 321. The molecule has 2 rings (SSSR count). The first-order chi connectivity index (χ1) is 9.63. The molecule has 0 radical (unpaired) electrons. The molecule has 1 saturated heterocycles. The van der Waals surface area contributed by atoms with E-state index in [0.717, 1.165) is 19.4 Å². The monoisotopic (exact) mass is 285 g/mol. The number of rotatable bonds is 6. The Morgan fingerprint density at radius 2 is 2.20 bits per heavy atom. The van der Waals surface area contributed by atoms with Crippen molar-refractivity contribution in [3.63, 3.8) is 0 Å². The van der Waals surface area contributed by atoms with Crippen molar-refractivity contribution in [2.45, 2.75) is 51.4 Å². The first-order valence-electron chi connectivity index (χ1n) is 7.65. The fourth-order valence-electron chi connectivity index (χ4n) is 3.20. The third kappa shape index (κ3) is 3.71. The minimum atomic E-state index is 0.147. The van der Waals surface area contributed by atoms with E-state index in [1.807, 2.05) is 4.90 Å². The third-order valence-corrected chi connectivity index (χ3v) is 4.20. The Kier molecular flexibility index (Phi) is 5.81. The number of carbonyl (C=O) groups excluding carboxylic acids is 1. The minimum absolute atomic E-state index is 0.147. The van der Waals surface area contributed by atoms with Gasteiger partial charge in [0.1, 0.15) is 0 Å². The van der Waals surface area contributed by atoms with Gasteiger partial charge >= 0.3 is 0 Å². The molecular formula is C15H27NO4. The van der Waals surface area contributed by atoms with Crippen molar-refractivity contribution < 1.29 is 19.0 Å². The molecule has 1 aliphatic heterocycles. The third-order valence-electron chi connectivity index (χ3n) is 4.20. The van der Waals surface area contributed by atoms with Crippen LogP contribution >= 0.6 is 0 Å². The lowest BCUT2D eigenvalue weighted by Crippen LogP contribution is -2.53. The van der Waals surface area contributed by atoms with Gasteiger partial charge in [0.05, 0.1) is 44.5 Å². The highest BCUT2D eigenvalue weighted by Crippen LogP contribution is 2.35. The lowest BCUT2D eigenvalue weighted by molar-refractivity contribution is -0.148. The molecule has 0 aromatic rings. The maximum atomic E-state index is 12.2. The molecule has 2 fully saturated rings. The first kappa shape index (κ1) is 15.7. The van der Waals surface area contributed by atoms with Crippen molar-refractivity contribution in [1.82, 2.24) is 4.90 Å². The normalized spacial score (nSPS) is 29.8. The molecule has 1 heterocycles. The van der Waals surface area contributed by atoms with Gasteiger partial charge in [0.25, 0.3) is 0 Å². The summed E-state index contributed by atoms with van der Waals surface area (Å²) in [6.45, 7) is 6.68. The second-order valence-corrected chi connectivity index (χ2v) is 5.95. The second-order valence-electron chi connectivity index (χ2n) is 5.95. The van der Waals surface area contributed by atoms with Crippen LogP contribution in [0.1, 0.15) is 33.1 Å². The summed E-state index contributed by atoms with van der Waals surface area (Å²) in [7, 11) is 1.63. The number of carbonyl (C=O) groups is 1. The van der Waals surface area contributed by atoms with Crippen LogP contribution in [0.3, 0.4) is 0 Å². The molecule has 2 aliphatic rings. The van der Waals surface area contributed by atoms with Crippen LogP contribution in [-0.2, 0) is 19.0 Å². The predicted octanol–water partition coefficient (Wildman–Crippen LogP) is 1.45. The second kappa shape index (κ2) is 7.38.